The quantitative estimate of drug-likeness (QED) is 0.872. The molecule has 0 saturated carbocycles. The van der Waals surface area contributed by atoms with Crippen LogP contribution in [0.2, 0.25) is 0 Å². The number of rotatable bonds is 5. The summed E-state index contributed by atoms with van der Waals surface area (Å²) in [5.41, 5.74) is 3.87. The molecule has 0 radical (unpaired) electrons. The summed E-state index contributed by atoms with van der Waals surface area (Å²) in [6, 6.07) is 6.29. The topological polar surface area (TPSA) is 46.2 Å². The van der Waals surface area contributed by atoms with Crippen LogP contribution in [0.3, 0.4) is 0 Å². The zero-order valence-corrected chi connectivity index (χ0v) is 11.0. The first-order valence-corrected chi connectivity index (χ1v) is 7.84. The molecule has 3 nitrogen and oxygen atoms in total. The van der Waals surface area contributed by atoms with Crippen LogP contribution in [-0.4, -0.2) is 14.2 Å². The number of aryl methyl sites for hydroxylation is 2. The van der Waals surface area contributed by atoms with Crippen LogP contribution in [0.15, 0.2) is 18.2 Å². The van der Waals surface area contributed by atoms with Gasteiger partial charge in [-0.25, -0.2) is 13.1 Å². The van der Waals surface area contributed by atoms with Gasteiger partial charge in [0, 0.05) is 6.54 Å². The molecule has 94 valence electrons. The van der Waals surface area contributed by atoms with Gasteiger partial charge in [0.05, 0.1) is 5.75 Å². The Balaban J connectivity index is 2.00. The number of benzene rings is 1. The fourth-order valence-electron chi connectivity index (χ4n) is 2.27. The monoisotopic (exact) mass is 253 g/mol. The highest BCUT2D eigenvalue weighted by molar-refractivity contribution is 7.89. The fourth-order valence-corrected chi connectivity index (χ4v) is 3.34. The van der Waals surface area contributed by atoms with Crippen LogP contribution in [0.4, 0.5) is 0 Å². The van der Waals surface area contributed by atoms with Crippen molar-refractivity contribution in [2.24, 2.45) is 0 Å². The zero-order valence-electron chi connectivity index (χ0n) is 10.2. The number of hydrogen-bond acceptors (Lipinski definition) is 2. The first-order chi connectivity index (χ1) is 8.11. The third kappa shape index (κ3) is 3.30. The van der Waals surface area contributed by atoms with Gasteiger partial charge in [-0.05, 0) is 42.4 Å². The Bertz CT molecular complexity index is 494. The minimum absolute atomic E-state index is 0.206. The van der Waals surface area contributed by atoms with Crippen molar-refractivity contribution >= 4 is 10.0 Å². The van der Waals surface area contributed by atoms with Crippen LogP contribution in [0.25, 0.3) is 0 Å². The molecule has 17 heavy (non-hydrogen) atoms. The van der Waals surface area contributed by atoms with Gasteiger partial charge < -0.3 is 0 Å². The average molecular weight is 253 g/mol. The van der Waals surface area contributed by atoms with E-state index >= 15 is 0 Å². The normalized spacial score (nSPS) is 14.9. The lowest BCUT2D eigenvalue weighted by Crippen LogP contribution is -2.25. The lowest BCUT2D eigenvalue weighted by molar-refractivity contribution is 0.580. The molecule has 0 atom stereocenters. The zero-order chi connectivity index (χ0) is 12.3. The van der Waals surface area contributed by atoms with Gasteiger partial charge >= 0.3 is 0 Å². The van der Waals surface area contributed by atoms with Gasteiger partial charge in [0.2, 0.25) is 10.0 Å². The summed E-state index contributed by atoms with van der Waals surface area (Å²) < 4.78 is 25.7. The Kier molecular flexibility index (Phi) is 3.84. The van der Waals surface area contributed by atoms with Gasteiger partial charge in [-0.2, -0.15) is 0 Å². The second kappa shape index (κ2) is 5.19. The maximum Gasteiger partial charge on any atom is 0.211 e. The van der Waals surface area contributed by atoms with Crippen molar-refractivity contribution < 1.29 is 8.42 Å². The molecule has 2 rings (SSSR count). The van der Waals surface area contributed by atoms with E-state index in [1.807, 2.05) is 13.0 Å². The Morgan fingerprint density at radius 1 is 1.24 bits per heavy atom. The van der Waals surface area contributed by atoms with Gasteiger partial charge in [0.1, 0.15) is 0 Å². The van der Waals surface area contributed by atoms with Crippen molar-refractivity contribution in [1.82, 2.24) is 4.72 Å². The highest BCUT2D eigenvalue weighted by atomic mass is 32.2. The summed E-state index contributed by atoms with van der Waals surface area (Å²) in [6.07, 6.45) is 4.17. The second-order valence-corrected chi connectivity index (χ2v) is 6.52. The van der Waals surface area contributed by atoms with Crippen molar-refractivity contribution in [2.75, 3.05) is 5.75 Å². The van der Waals surface area contributed by atoms with Gasteiger partial charge in [-0.1, -0.05) is 25.1 Å². The standard InChI is InChI=1S/C13H19NO2S/c1-2-8-17(15,16)14-10-11-6-7-12-4-3-5-13(12)9-11/h6-7,9,14H,2-5,8,10H2,1H3. The molecular weight excluding hydrogens is 234 g/mol. The van der Waals surface area contributed by atoms with Crippen LogP contribution in [0.1, 0.15) is 36.5 Å². The summed E-state index contributed by atoms with van der Waals surface area (Å²) in [6.45, 7) is 2.28. The Labute approximate surface area is 103 Å². The molecule has 0 bridgehead atoms. The summed E-state index contributed by atoms with van der Waals surface area (Å²) in [5, 5.41) is 0. The Hall–Kier alpha value is -0.870. The molecule has 0 saturated heterocycles. The average Bonchev–Trinajstić information content (AvgIpc) is 2.73. The van der Waals surface area contributed by atoms with Crippen LogP contribution in [0.5, 0.6) is 0 Å². The first-order valence-electron chi connectivity index (χ1n) is 6.19. The van der Waals surface area contributed by atoms with E-state index in [0.717, 1.165) is 18.4 Å². The summed E-state index contributed by atoms with van der Waals surface area (Å²) in [4.78, 5) is 0. The van der Waals surface area contributed by atoms with Crippen molar-refractivity contribution in [1.29, 1.82) is 0 Å². The fraction of sp³-hybridized carbons (Fsp3) is 0.538. The van der Waals surface area contributed by atoms with E-state index in [2.05, 4.69) is 16.9 Å². The van der Waals surface area contributed by atoms with Gasteiger partial charge in [-0.3, -0.25) is 0 Å². The molecule has 1 aliphatic carbocycles. The number of sulfonamides is 1. The Morgan fingerprint density at radius 3 is 2.76 bits per heavy atom. The predicted octanol–water partition coefficient (Wildman–Crippen LogP) is 2.00. The number of fused-ring (bicyclic) bond motifs is 1. The first kappa shape index (κ1) is 12.6. The molecule has 1 aromatic rings. The van der Waals surface area contributed by atoms with E-state index in [1.165, 1.54) is 17.5 Å². The molecule has 0 spiro atoms. The SMILES string of the molecule is CCCS(=O)(=O)NCc1ccc2c(c1)CCC2. The molecule has 1 N–H and O–H groups in total. The maximum atomic E-state index is 11.5. The predicted molar refractivity (Wildman–Crippen MR) is 69.4 cm³/mol. The lowest BCUT2D eigenvalue weighted by Gasteiger charge is -2.07. The highest BCUT2D eigenvalue weighted by Crippen LogP contribution is 2.22. The van der Waals surface area contributed by atoms with E-state index in [4.69, 9.17) is 0 Å². The van der Waals surface area contributed by atoms with Crippen molar-refractivity contribution in [2.45, 2.75) is 39.2 Å². The summed E-state index contributed by atoms with van der Waals surface area (Å²) >= 11 is 0. The number of nitrogens with one attached hydrogen (secondary N) is 1. The van der Waals surface area contributed by atoms with E-state index in [0.29, 0.717) is 13.0 Å². The summed E-state index contributed by atoms with van der Waals surface area (Å²) in [5.74, 6) is 0.206. The van der Waals surface area contributed by atoms with E-state index < -0.39 is 10.0 Å². The molecule has 0 aromatic heterocycles. The second-order valence-electron chi connectivity index (χ2n) is 4.60. The third-order valence-corrected chi connectivity index (χ3v) is 4.66. The highest BCUT2D eigenvalue weighted by Gasteiger charge is 2.12. The van der Waals surface area contributed by atoms with Gasteiger partial charge in [-0.15, -0.1) is 0 Å². The van der Waals surface area contributed by atoms with Crippen LogP contribution in [0, 0.1) is 0 Å². The molecule has 0 unspecified atom stereocenters. The third-order valence-electron chi connectivity index (χ3n) is 3.13. The van der Waals surface area contributed by atoms with Crippen molar-refractivity contribution in [3.8, 4) is 0 Å². The summed E-state index contributed by atoms with van der Waals surface area (Å²) in [7, 11) is -3.09. The molecule has 4 heteroatoms. The Morgan fingerprint density at radius 2 is 2.00 bits per heavy atom. The van der Waals surface area contributed by atoms with Gasteiger partial charge in [0.15, 0.2) is 0 Å². The van der Waals surface area contributed by atoms with Crippen LogP contribution >= 0.6 is 0 Å². The molecular formula is C13H19NO2S. The molecule has 1 aliphatic rings. The molecule has 0 amide bonds. The molecule has 1 aromatic carbocycles. The van der Waals surface area contributed by atoms with Crippen LogP contribution in [-0.2, 0) is 29.4 Å². The minimum Gasteiger partial charge on any atom is -0.212 e. The van der Waals surface area contributed by atoms with Crippen molar-refractivity contribution in [3.63, 3.8) is 0 Å². The smallest absolute Gasteiger partial charge is 0.211 e. The van der Waals surface area contributed by atoms with E-state index in [-0.39, 0.29) is 5.75 Å². The van der Waals surface area contributed by atoms with Crippen molar-refractivity contribution in [3.05, 3.63) is 34.9 Å². The maximum absolute atomic E-state index is 11.5. The van der Waals surface area contributed by atoms with E-state index in [9.17, 15) is 8.42 Å². The molecule has 0 fully saturated rings. The molecule has 0 aliphatic heterocycles. The largest absolute Gasteiger partial charge is 0.212 e. The minimum atomic E-state index is -3.09. The van der Waals surface area contributed by atoms with E-state index in [1.54, 1.807) is 0 Å². The van der Waals surface area contributed by atoms with Crippen LogP contribution < -0.4 is 4.72 Å². The molecule has 0 heterocycles. The van der Waals surface area contributed by atoms with Gasteiger partial charge in [0.25, 0.3) is 0 Å². The number of hydrogen-bond donors (Lipinski definition) is 1. The lowest BCUT2D eigenvalue weighted by atomic mass is 10.1.